The molecule has 3 rings (SSSR count). The first-order valence-corrected chi connectivity index (χ1v) is 8.92. The second-order valence-corrected chi connectivity index (χ2v) is 6.46. The van der Waals surface area contributed by atoms with E-state index >= 15 is 0 Å². The van der Waals surface area contributed by atoms with Crippen LogP contribution in [0.3, 0.4) is 0 Å². The molecular weight excluding hydrogens is 374 g/mol. The molecule has 1 saturated heterocycles. The van der Waals surface area contributed by atoms with Crippen molar-refractivity contribution in [2.75, 3.05) is 38.1 Å². The van der Waals surface area contributed by atoms with E-state index < -0.39 is 5.92 Å². The minimum absolute atomic E-state index is 0.0838. The summed E-state index contributed by atoms with van der Waals surface area (Å²) >= 11 is 0. The van der Waals surface area contributed by atoms with Gasteiger partial charge in [0.15, 0.2) is 11.5 Å². The van der Waals surface area contributed by atoms with E-state index in [-0.39, 0.29) is 24.8 Å². The minimum atomic E-state index is -0.536. The van der Waals surface area contributed by atoms with Gasteiger partial charge in [-0.05, 0) is 30.3 Å². The quantitative estimate of drug-likeness (QED) is 0.807. The minimum Gasteiger partial charge on any atom is -0.495 e. The number of carbonyl (C=O) groups is 2. The van der Waals surface area contributed by atoms with Crippen molar-refractivity contribution in [3.8, 4) is 23.3 Å². The standard InChI is InChI=1S/C21H21N3O5/c1-27-17-6-4-13(11-22)8-16(17)23-21(26)14-9-20(25)24(12-14)15-5-7-18(28-2)19(10-15)29-3/h4-8,10,14H,9,12H2,1-3H3,(H,23,26). The number of anilines is 2. The number of methoxy groups -OCH3 is 3. The Morgan fingerprint density at radius 2 is 1.76 bits per heavy atom. The first kappa shape index (κ1) is 20.0. The Labute approximate surface area is 168 Å². The highest BCUT2D eigenvalue weighted by atomic mass is 16.5. The summed E-state index contributed by atoms with van der Waals surface area (Å²) < 4.78 is 15.7. The normalized spacial score (nSPS) is 15.6. The van der Waals surface area contributed by atoms with Crippen LogP contribution in [-0.2, 0) is 9.59 Å². The van der Waals surface area contributed by atoms with Gasteiger partial charge in [-0.3, -0.25) is 9.59 Å². The lowest BCUT2D eigenvalue weighted by Crippen LogP contribution is -2.28. The molecular formula is C21H21N3O5. The Morgan fingerprint density at radius 1 is 1.07 bits per heavy atom. The molecule has 2 aromatic carbocycles. The first-order valence-electron chi connectivity index (χ1n) is 8.92. The maximum absolute atomic E-state index is 12.8. The van der Waals surface area contributed by atoms with E-state index in [9.17, 15) is 9.59 Å². The molecule has 8 nitrogen and oxygen atoms in total. The summed E-state index contributed by atoms with van der Waals surface area (Å²) in [5.41, 5.74) is 1.43. The lowest BCUT2D eigenvalue weighted by molar-refractivity contribution is -0.122. The topological polar surface area (TPSA) is 101 Å². The molecule has 150 valence electrons. The van der Waals surface area contributed by atoms with E-state index in [1.54, 1.807) is 41.3 Å². The van der Waals surface area contributed by atoms with Gasteiger partial charge >= 0.3 is 0 Å². The zero-order chi connectivity index (χ0) is 21.0. The van der Waals surface area contributed by atoms with Gasteiger partial charge < -0.3 is 24.4 Å². The Balaban J connectivity index is 1.77. The number of hydrogen-bond acceptors (Lipinski definition) is 6. The van der Waals surface area contributed by atoms with Crippen molar-refractivity contribution >= 4 is 23.2 Å². The van der Waals surface area contributed by atoms with Gasteiger partial charge in [0.2, 0.25) is 11.8 Å². The van der Waals surface area contributed by atoms with E-state index in [2.05, 4.69) is 5.32 Å². The van der Waals surface area contributed by atoms with Gasteiger partial charge in [-0.25, -0.2) is 0 Å². The third kappa shape index (κ3) is 4.09. The average molecular weight is 395 g/mol. The van der Waals surface area contributed by atoms with E-state index in [0.29, 0.717) is 34.2 Å². The molecule has 1 aliphatic heterocycles. The molecule has 0 aliphatic carbocycles. The lowest BCUT2D eigenvalue weighted by atomic mass is 10.1. The van der Waals surface area contributed by atoms with Gasteiger partial charge in [0.25, 0.3) is 0 Å². The maximum Gasteiger partial charge on any atom is 0.229 e. The van der Waals surface area contributed by atoms with Crippen LogP contribution >= 0.6 is 0 Å². The molecule has 0 radical (unpaired) electrons. The van der Waals surface area contributed by atoms with E-state index in [4.69, 9.17) is 19.5 Å². The van der Waals surface area contributed by atoms with Crippen LogP contribution in [0.2, 0.25) is 0 Å². The Morgan fingerprint density at radius 3 is 2.41 bits per heavy atom. The van der Waals surface area contributed by atoms with E-state index in [1.165, 1.54) is 21.3 Å². The lowest BCUT2D eigenvalue weighted by Gasteiger charge is -2.19. The van der Waals surface area contributed by atoms with Crippen LogP contribution in [-0.4, -0.2) is 39.7 Å². The highest BCUT2D eigenvalue weighted by Gasteiger charge is 2.35. The van der Waals surface area contributed by atoms with Crippen LogP contribution in [0, 0.1) is 17.2 Å². The molecule has 1 fully saturated rings. The number of carbonyl (C=O) groups excluding carboxylic acids is 2. The molecule has 1 aliphatic rings. The molecule has 0 bridgehead atoms. The number of benzene rings is 2. The molecule has 1 heterocycles. The smallest absolute Gasteiger partial charge is 0.229 e. The molecule has 0 saturated carbocycles. The van der Waals surface area contributed by atoms with Crippen molar-refractivity contribution in [2.45, 2.75) is 6.42 Å². The highest BCUT2D eigenvalue weighted by Crippen LogP contribution is 2.34. The summed E-state index contributed by atoms with van der Waals surface area (Å²) in [4.78, 5) is 26.8. The van der Waals surface area contributed by atoms with Crippen LogP contribution in [0.4, 0.5) is 11.4 Å². The average Bonchev–Trinajstić information content (AvgIpc) is 3.14. The van der Waals surface area contributed by atoms with Gasteiger partial charge in [-0.2, -0.15) is 5.26 Å². The highest BCUT2D eigenvalue weighted by molar-refractivity contribution is 6.04. The number of hydrogen-bond donors (Lipinski definition) is 1. The van der Waals surface area contributed by atoms with E-state index in [0.717, 1.165) is 0 Å². The summed E-state index contributed by atoms with van der Waals surface area (Å²) in [6, 6.07) is 12.0. The zero-order valence-electron chi connectivity index (χ0n) is 16.4. The van der Waals surface area contributed by atoms with Crippen molar-refractivity contribution in [1.82, 2.24) is 0 Å². The van der Waals surface area contributed by atoms with Crippen LogP contribution in [0.1, 0.15) is 12.0 Å². The van der Waals surface area contributed by atoms with Crippen molar-refractivity contribution in [2.24, 2.45) is 5.92 Å². The molecule has 1 N–H and O–H groups in total. The first-order chi connectivity index (χ1) is 14.0. The van der Waals surface area contributed by atoms with Crippen LogP contribution < -0.4 is 24.4 Å². The Bertz CT molecular complexity index is 983. The third-order valence-electron chi connectivity index (χ3n) is 4.76. The summed E-state index contributed by atoms with van der Waals surface area (Å²) in [6.45, 7) is 0.237. The van der Waals surface area contributed by atoms with Crippen molar-refractivity contribution < 1.29 is 23.8 Å². The monoisotopic (exact) mass is 395 g/mol. The number of nitriles is 1. The predicted octanol–water partition coefficient (Wildman–Crippen LogP) is 2.58. The van der Waals surface area contributed by atoms with Crippen molar-refractivity contribution in [3.05, 3.63) is 42.0 Å². The fraction of sp³-hybridized carbons (Fsp3) is 0.286. The molecule has 0 aromatic heterocycles. The predicted molar refractivity (Wildman–Crippen MR) is 106 cm³/mol. The molecule has 1 atom stereocenters. The second-order valence-electron chi connectivity index (χ2n) is 6.46. The number of amides is 2. The van der Waals surface area contributed by atoms with Gasteiger partial charge in [-0.1, -0.05) is 0 Å². The number of nitrogens with one attached hydrogen (secondary N) is 1. The number of rotatable bonds is 6. The van der Waals surface area contributed by atoms with Crippen molar-refractivity contribution in [3.63, 3.8) is 0 Å². The van der Waals surface area contributed by atoms with Gasteiger partial charge in [0, 0.05) is 24.7 Å². The molecule has 2 amide bonds. The number of nitrogens with zero attached hydrogens (tertiary/aromatic N) is 2. The molecule has 2 aromatic rings. The van der Waals surface area contributed by atoms with Crippen LogP contribution in [0.5, 0.6) is 17.2 Å². The van der Waals surface area contributed by atoms with Crippen LogP contribution in [0.15, 0.2) is 36.4 Å². The zero-order valence-corrected chi connectivity index (χ0v) is 16.4. The van der Waals surface area contributed by atoms with E-state index in [1.807, 2.05) is 6.07 Å². The summed E-state index contributed by atoms with van der Waals surface area (Å²) in [7, 11) is 4.54. The Kier molecular flexibility index (Phi) is 5.88. The molecule has 1 unspecified atom stereocenters. The third-order valence-corrected chi connectivity index (χ3v) is 4.76. The largest absolute Gasteiger partial charge is 0.495 e. The fourth-order valence-electron chi connectivity index (χ4n) is 3.24. The summed E-state index contributed by atoms with van der Waals surface area (Å²) in [6.07, 6.45) is 0.0838. The molecule has 29 heavy (non-hydrogen) atoms. The second kappa shape index (κ2) is 8.52. The van der Waals surface area contributed by atoms with Crippen molar-refractivity contribution in [1.29, 1.82) is 5.26 Å². The molecule has 8 heteroatoms. The van der Waals surface area contributed by atoms with Gasteiger partial charge in [0.05, 0.1) is 44.6 Å². The SMILES string of the molecule is COc1ccc(C#N)cc1NC(=O)C1CC(=O)N(c2ccc(OC)c(OC)c2)C1. The Hall–Kier alpha value is -3.73. The summed E-state index contributed by atoms with van der Waals surface area (Å²) in [5.74, 6) is 0.500. The molecule has 0 spiro atoms. The maximum atomic E-state index is 12.8. The fourth-order valence-corrected chi connectivity index (χ4v) is 3.24. The number of ether oxygens (including phenoxy) is 3. The summed E-state index contributed by atoms with van der Waals surface area (Å²) in [5, 5.41) is 11.8. The van der Waals surface area contributed by atoms with Gasteiger partial charge in [0.1, 0.15) is 5.75 Å². The van der Waals surface area contributed by atoms with Crippen LogP contribution in [0.25, 0.3) is 0 Å². The van der Waals surface area contributed by atoms with Gasteiger partial charge in [-0.15, -0.1) is 0 Å².